The van der Waals surface area contributed by atoms with Gasteiger partial charge in [0.05, 0.1) is 11.3 Å². The third-order valence-electron chi connectivity index (χ3n) is 3.41. The molecule has 3 aromatic rings. The number of halogens is 4. The van der Waals surface area contributed by atoms with Crippen LogP contribution in [0.4, 0.5) is 30.6 Å². The Morgan fingerprint density at radius 3 is 2.50 bits per heavy atom. The van der Waals surface area contributed by atoms with Crippen molar-refractivity contribution in [1.82, 2.24) is 15.0 Å². The van der Waals surface area contributed by atoms with Gasteiger partial charge in [-0.25, -0.2) is 4.98 Å². The minimum Gasteiger partial charge on any atom is -0.366 e. The number of hydrogen-bond acceptors (Lipinski definition) is 5. The Balaban J connectivity index is 1.77. The Morgan fingerprint density at radius 2 is 1.77 bits per heavy atom. The number of pyridine rings is 1. The average Bonchev–Trinajstić information content (AvgIpc) is 2.62. The van der Waals surface area contributed by atoms with Gasteiger partial charge in [0.25, 0.3) is 0 Å². The molecule has 5 nitrogen and oxygen atoms in total. The van der Waals surface area contributed by atoms with Gasteiger partial charge in [-0.3, -0.25) is 4.98 Å². The van der Waals surface area contributed by atoms with Gasteiger partial charge in [-0.05, 0) is 42.0 Å². The van der Waals surface area contributed by atoms with Crippen LogP contribution in [-0.2, 0) is 12.7 Å². The van der Waals surface area contributed by atoms with Crippen LogP contribution in [0.15, 0.2) is 55.0 Å². The highest BCUT2D eigenvalue weighted by Crippen LogP contribution is 2.37. The zero-order chi connectivity index (χ0) is 18.6. The molecule has 2 aromatic heterocycles. The fourth-order valence-corrected chi connectivity index (χ4v) is 2.36. The maximum Gasteiger partial charge on any atom is 0.418 e. The molecule has 0 atom stereocenters. The maximum absolute atomic E-state index is 13.2. The van der Waals surface area contributed by atoms with Crippen molar-refractivity contribution in [3.8, 4) is 0 Å². The maximum atomic E-state index is 13.2. The predicted molar refractivity (Wildman–Crippen MR) is 93.3 cm³/mol. The lowest BCUT2D eigenvalue weighted by molar-refractivity contribution is -0.136. The molecule has 0 saturated carbocycles. The summed E-state index contributed by atoms with van der Waals surface area (Å²) in [6, 6.07) is 8.78. The van der Waals surface area contributed by atoms with Crippen LogP contribution in [0, 0.1) is 0 Å². The minimum atomic E-state index is -4.55. The molecule has 134 valence electrons. The number of aromatic nitrogens is 3. The highest BCUT2D eigenvalue weighted by Gasteiger charge is 2.34. The van der Waals surface area contributed by atoms with Gasteiger partial charge in [0.15, 0.2) is 0 Å². The topological polar surface area (TPSA) is 62.7 Å². The quantitative estimate of drug-likeness (QED) is 0.660. The molecule has 2 heterocycles. The summed E-state index contributed by atoms with van der Waals surface area (Å²) < 4.78 is 39.5. The lowest BCUT2D eigenvalue weighted by Gasteiger charge is -2.14. The predicted octanol–water partition coefficient (Wildman–Crippen LogP) is 4.90. The SMILES string of the molecule is FC(F)(F)c1cc(Cl)ccc1Nc1nccc(NCc2ccncc2)n1. The normalized spacial score (nSPS) is 11.2. The van der Waals surface area contributed by atoms with Crippen LogP contribution >= 0.6 is 11.6 Å². The largest absolute Gasteiger partial charge is 0.418 e. The van der Waals surface area contributed by atoms with Crippen molar-refractivity contribution in [2.24, 2.45) is 0 Å². The van der Waals surface area contributed by atoms with Gasteiger partial charge in [0, 0.05) is 30.2 Å². The van der Waals surface area contributed by atoms with Crippen LogP contribution in [0.25, 0.3) is 0 Å². The van der Waals surface area contributed by atoms with Crippen molar-refractivity contribution in [2.75, 3.05) is 10.6 Å². The molecule has 0 fully saturated rings. The third-order valence-corrected chi connectivity index (χ3v) is 3.65. The van der Waals surface area contributed by atoms with Gasteiger partial charge in [0.1, 0.15) is 5.82 Å². The van der Waals surface area contributed by atoms with Crippen LogP contribution in [-0.4, -0.2) is 15.0 Å². The van der Waals surface area contributed by atoms with E-state index in [-0.39, 0.29) is 16.7 Å². The molecule has 0 radical (unpaired) electrons. The molecule has 9 heteroatoms. The molecule has 0 aliphatic heterocycles. The molecule has 0 spiro atoms. The van der Waals surface area contributed by atoms with Crippen LogP contribution in [0.2, 0.25) is 5.02 Å². The van der Waals surface area contributed by atoms with Crippen LogP contribution in [0.5, 0.6) is 0 Å². The first-order valence-corrected chi connectivity index (χ1v) is 7.89. The number of alkyl halides is 3. The van der Waals surface area contributed by atoms with E-state index in [0.717, 1.165) is 11.6 Å². The number of rotatable bonds is 5. The summed E-state index contributed by atoms with van der Waals surface area (Å²) >= 11 is 5.68. The summed E-state index contributed by atoms with van der Waals surface area (Å²) in [5, 5.41) is 5.67. The fourth-order valence-electron chi connectivity index (χ4n) is 2.19. The van der Waals surface area contributed by atoms with E-state index >= 15 is 0 Å². The number of nitrogens with one attached hydrogen (secondary N) is 2. The molecule has 2 N–H and O–H groups in total. The molecule has 0 saturated heterocycles. The van der Waals surface area contributed by atoms with Gasteiger partial charge in [-0.15, -0.1) is 0 Å². The first kappa shape index (κ1) is 17.9. The second kappa shape index (κ2) is 7.57. The molecular formula is C17H13ClF3N5. The van der Waals surface area contributed by atoms with E-state index in [1.165, 1.54) is 18.3 Å². The van der Waals surface area contributed by atoms with Crippen LogP contribution < -0.4 is 10.6 Å². The van der Waals surface area contributed by atoms with Crippen LogP contribution in [0.3, 0.4) is 0 Å². The Hall–Kier alpha value is -2.87. The second-order valence-electron chi connectivity index (χ2n) is 5.29. The molecule has 1 aromatic carbocycles. The monoisotopic (exact) mass is 379 g/mol. The van der Waals surface area contributed by atoms with Crippen molar-refractivity contribution in [2.45, 2.75) is 12.7 Å². The Morgan fingerprint density at radius 1 is 1.00 bits per heavy atom. The summed E-state index contributed by atoms with van der Waals surface area (Å²) in [5.41, 5.74) is -0.0675. The highest BCUT2D eigenvalue weighted by molar-refractivity contribution is 6.30. The van der Waals surface area contributed by atoms with E-state index < -0.39 is 11.7 Å². The zero-order valence-electron chi connectivity index (χ0n) is 13.3. The summed E-state index contributed by atoms with van der Waals surface area (Å²) in [4.78, 5) is 12.1. The van der Waals surface area contributed by atoms with Gasteiger partial charge in [0.2, 0.25) is 5.95 Å². The average molecular weight is 380 g/mol. The highest BCUT2D eigenvalue weighted by atomic mass is 35.5. The van der Waals surface area contributed by atoms with Crippen molar-refractivity contribution in [3.63, 3.8) is 0 Å². The van der Waals surface area contributed by atoms with Crippen molar-refractivity contribution in [1.29, 1.82) is 0 Å². The van der Waals surface area contributed by atoms with E-state index in [0.29, 0.717) is 12.4 Å². The smallest absolute Gasteiger partial charge is 0.366 e. The standard InChI is InChI=1S/C17H13ClF3N5/c18-12-1-2-14(13(9-12)17(19,20)21)25-16-23-8-5-15(26-16)24-10-11-3-6-22-7-4-11/h1-9H,10H2,(H2,23,24,25,26). The molecule has 0 unspecified atom stereocenters. The van der Waals surface area contributed by atoms with E-state index in [2.05, 4.69) is 25.6 Å². The first-order chi connectivity index (χ1) is 12.4. The third kappa shape index (κ3) is 4.60. The van der Waals surface area contributed by atoms with Crippen molar-refractivity contribution >= 4 is 29.1 Å². The summed E-state index contributed by atoms with van der Waals surface area (Å²) in [5.74, 6) is 0.513. The van der Waals surface area contributed by atoms with E-state index in [9.17, 15) is 13.2 Å². The Labute approximate surface area is 152 Å². The van der Waals surface area contributed by atoms with Gasteiger partial charge in [-0.2, -0.15) is 18.2 Å². The second-order valence-corrected chi connectivity index (χ2v) is 5.72. The van der Waals surface area contributed by atoms with Gasteiger partial charge >= 0.3 is 6.18 Å². The summed E-state index contributed by atoms with van der Waals surface area (Å²) in [6.07, 6.45) is 0.240. The Bertz CT molecular complexity index is 887. The van der Waals surface area contributed by atoms with E-state index in [1.807, 2.05) is 12.1 Å². The Kier molecular flexibility index (Phi) is 5.22. The summed E-state index contributed by atoms with van der Waals surface area (Å²) in [6.45, 7) is 0.494. The summed E-state index contributed by atoms with van der Waals surface area (Å²) in [7, 11) is 0. The lowest BCUT2D eigenvalue weighted by Crippen LogP contribution is -2.10. The van der Waals surface area contributed by atoms with Crippen LogP contribution in [0.1, 0.15) is 11.1 Å². The van der Waals surface area contributed by atoms with Gasteiger partial charge in [-0.1, -0.05) is 11.6 Å². The van der Waals surface area contributed by atoms with Gasteiger partial charge < -0.3 is 10.6 Å². The zero-order valence-corrected chi connectivity index (χ0v) is 14.0. The molecule has 0 aliphatic rings. The van der Waals surface area contributed by atoms with E-state index in [1.54, 1.807) is 18.5 Å². The van der Waals surface area contributed by atoms with Crippen molar-refractivity contribution in [3.05, 3.63) is 71.1 Å². The lowest BCUT2D eigenvalue weighted by atomic mass is 10.1. The molecular weight excluding hydrogens is 367 g/mol. The first-order valence-electron chi connectivity index (χ1n) is 7.51. The number of hydrogen-bond donors (Lipinski definition) is 2. The van der Waals surface area contributed by atoms with E-state index in [4.69, 9.17) is 11.6 Å². The van der Waals surface area contributed by atoms with Crippen molar-refractivity contribution < 1.29 is 13.2 Å². The molecule has 3 rings (SSSR count). The molecule has 26 heavy (non-hydrogen) atoms. The fraction of sp³-hybridized carbons (Fsp3) is 0.118. The number of benzene rings is 1. The minimum absolute atomic E-state index is 0.00318. The number of nitrogens with zero attached hydrogens (tertiary/aromatic N) is 3. The molecule has 0 amide bonds. The molecule has 0 bridgehead atoms. The molecule has 0 aliphatic carbocycles. The number of anilines is 3.